The molecular formula is C8H17NO4S. The Bertz CT molecular complexity index is 270. The van der Waals surface area contributed by atoms with E-state index in [1.165, 1.54) is 0 Å². The lowest BCUT2D eigenvalue weighted by Crippen LogP contribution is -2.39. The molecule has 0 radical (unpaired) electrons. The van der Waals surface area contributed by atoms with Crippen LogP contribution in [-0.4, -0.2) is 30.5 Å². The molecule has 0 N–H and O–H groups in total. The average Bonchev–Trinajstić information content (AvgIpc) is 1.78. The zero-order valence-corrected chi connectivity index (χ0v) is 10.00. The standard InChI is InChI=1S/C8H17NO4S/c1-6(2)9(14(11)12)7(10)13-8(3,4)5/h6,14H,1-5H3. The minimum absolute atomic E-state index is 0.425. The van der Waals surface area contributed by atoms with Gasteiger partial charge in [-0.2, -0.15) is 0 Å². The van der Waals surface area contributed by atoms with Gasteiger partial charge in [-0.3, -0.25) is 0 Å². The van der Waals surface area contributed by atoms with E-state index in [4.69, 9.17) is 4.74 Å². The summed E-state index contributed by atoms with van der Waals surface area (Å²) in [5, 5.41) is 0. The highest BCUT2D eigenvalue weighted by atomic mass is 32.2. The van der Waals surface area contributed by atoms with Crippen LogP contribution < -0.4 is 0 Å². The molecule has 0 spiro atoms. The minimum Gasteiger partial charge on any atom is -0.443 e. The molecular weight excluding hydrogens is 206 g/mol. The lowest BCUT2D eigenvalue weighted by Gasteiger charge is -2.25. The fourth-order valence-electron chi connectivity index (χ4n) is 0.775. The van der Waals surface area contributed by atoms with Crippen molar-refractivity contribution < 1.29 is 17.9 Å². The van der Waals surface area contributed by atoms with Gasteiger partial charge < -0.3 is 4.74 Å². The van der Waals surface area contributed by atoms with Crippen molar-refractivity contribution in [3.8, 4) is 0 Å². The normalized spacial score (nSPS) is 11.9. The van der Waals surface area contributed by atoms with Crippen LogP contribution in [0.2, 0.25) is 0 Å². The second-order valence-electron chi connectivity index (χ2n) is 4.16. The highest BCUT2D eigenvalue weighted by Gasteiger charge is 2.25. The van der Waals surface area contributed by atoms with Crippen molar-refractivity contribution in [2.24, 2.45) is 0 Å². The lowest BCUT2D eigenvalue weighted by molar-refractivity contribution is 0.0363. The third kappa shape index (κ3) is 4.45. The largest absolute Gasteiger partial charge is 0.443 e. The van der Waals surface area contributed by atoms with Gasteiger partial charge >= 0.3 is 6.09 Å². The second kappa shape index (κ2) is 4.63. The summed E-state index contributed by atoms with van der Waals surface area (Å²) in [6, 6.07) is -0.425. The Balaban J connectivity index is 4.63. The molecule has 0 aromatic rings. The predicted octanol–water partition coefficient (Wildman–Crippen LogP) is 1.16. The van der Waals surface area contributed by atoms with Gasteiger partial charge in [0.05, 0.1) is 0 Å². The number of ether oxygens (including phenoxy) is 1. The first-order valence-electron chi connectivity index (χ1n) is 4.31. The maximum Gasteiger partial charge on any atom is 0.424 e. The van der Waals surface area contributed by atoms with Crippen molar-refractivity contribution in [2.75, 3.05) is 0 Å². The van der Waals surface area contributed by atoms with E-state index in [1.807, 2.05) is 0 Å². The molecule has 0 saturated carbocycles. The Morgan fingerprint density at radius 1 is 1.29 bits per heavy atom. The lowest BCUT2D eigenvalue weighted by atomic mass is 10.2. The molecule has 0 atom stereocenters. The third-order valence-corrected chi connectivity index (χ3v) is 2.22. The van der Waals surface area contributed by atoms with Gasteiger partial charge in [-0.15, -0.1) is 0 Å². The molecule has 84 valence electrons. The van der Waals surface area contributed by atoms with E-state index < -0.39 is 28.6 Å². The quantitative estimate of drug-likeness (QED) is 0.713. The molecule has 0 fully saturated rings. The smallest absolute Gasteiger partial charge is 0.424 e. The first-order chi connectivity index (χ1) is 6.15. The number of hydrogen-bond acceptors (Lipinski definition) is 4. The van der Waals surface area contributed by atoms with Crippen LogP contribution in [0.4, 0.5) is 4.79 Å². The Morgan fingerprint density at radius 2 is 1.71 bits per heavy atom. The molecule has 0 unspecified atom stereocenters. The zero-order valence-electron chi connectivity index (χ0n) is 9.10. The van der Waals surface area contributed by atoms with E-state index in [0.29, 0.717) is 4.31 Å². The van der Waals surface area contributed by atoms with E-state index in [1.54, 1.807) is 34.6 Å². The summed E-state index contributed by atoms with van der Waals surface area (Å²) in [4.78, 5) is 11.4. The first-order valence-corrected chi connectivity index (χ1v) is 5.44. The van der Waals surface area contributed by atoms with Crippen molar-refractivity contribution in [3.05, 3.63) is 0 Å². The molecule has 0 rings (SSSR count). The number of nitrogens with zero attached hydrogens (tertiary/aromatic N) is 1. The van der Waals surface area contributed by atoms with Crippen LogP contribution in [0.1, 0.15) is 34.6 Å². The van der Waals surface area contributed by atoms with Crippen LogP contribution in [0.15, 0.2) is 0 Å². The molecule has 1 amide bonds. The van der Waals surface area contributed by atoms with Gasteiger partial charge in [-0.25, -0.2) is 17.5 Å². The fourth-order valence-corrected chi connectivity index (χ4v) is 1.33. The maximum atomic E-state index is 11.4. The molecule has 6 heteroatoms. The molecule has 14 heavy (non-hydrogen) atoms. The van der Waals surface area contributed by atoms with Crippen molar-refractivity contribution >= 4 is 17.0 Å². The van der Waals surface area contributed by atoms with Crippen LogP contribution in [0.5, 0.6) is 0 Å². The molecule has 0 aliphatic rings. The van der Waals surface area contributed by atoms with Gasteiger partial charge in [0.25, 0.3) is 0 Å². The van der Waals surface area contributed by atoms with Gasteiger partial charge in [-0.1, -0.05) is 0 Å². The number of carbonyl (C=O) groups is 1. The molecule has 0 aromatic carbocycles. The number of carbonyl (C=O) groups excluding carboxylic acids is 1. The number of amides is 1. The van der Waals surface area contributed by atoms with Gasteiger partial charge in [0.1, 0.15) is 5.60 Å². The highest BCUT2D eigenvalue weighted by Crippen LogP contribution is 2.11. The monoisotopic (exact) mass is 223 g/mol. The molecule has 5 nitrogen and oxygen atoms in total. The molecule has 0 aromatic heterocycles. The fraction of sp³-hybridized carbons (Fsp3) is 0.875. The summed E-state index contributed by atoms with van der Waals surface area (Å²) >= 11 is 0. The van der Waals surface area contributed by atoms with E-state index in [2.05, 4.69) is 0 Å². The van der Waals surface area contributed by atoms with E-state index >= 15 is 0 Å². The summed E-state index contributed by atoms with van der Waals surface area (Å²) < 4.78 is 27.1. The average molecular weight is 223 g/mol. The van der Waals surface area contributed by atoms with Crippen LogP contribution in [0.25, 0.3) is 0 Å². The van der Waals surface area contributed by atoms with E-state index in [0.717, 1.165) is 0 Å². The highest BCUT2D eigenvalue weighted by molar-refractivity contribution is 7.70. The Hall–Kier alpha value is -0.780. The first kappa shape index (κ1) is 13.2. The molecule has 0 heterocycles. The van der Waals surface area contributed by atoms with E-state index in [-0.39, 0.29) is 0 Å². The SMILES string of the molecule is CC(C)N(C(=O)OC(C)(C)C)[SH](=O)=O. The van der Waals surface area contributed by atoms with Crippen LogP contribution in [0, 0.1) is 0 Å². The molecule has 0 bridgehead atoms. The van der Waals surface area contributed by atoms with Gasteiger partial charge in [-0.05, 0) is 34.6 Å². The second-order valence-corrected chi connectivity index (χ2v) is 5.06. The van der Waals surface area contributed by atoms with Crippen molar-refractivity contribution in [3.63, 3.8) is 0 Å². The Labute approximate surface area is 86.1 Å². The third-order valence-electron chi connectivity index (χ3n) is 1.25. The number of thiol groups is 1. The summed E-state index contributed by atoms with van der Waals surface area (Å²) in [5.41, 5.74) is -0.685. The van der Waals surface area contributed by atoms with Crippen molar-refractivity contribution in [1.29, 1.82) is 0 Å². The van der Waals surface area contributed by atoms with E-state index in [9.17, 15) is 13.2 Å². The summed E-state index contributed by atoms with van der Waals surface area (Å²) in [5.74, 6) is 0. The summed E-state index contributed by atoms with van der Waals surface area (Å²) in [6.45, 7) is 8.26. The molecule has 0 saturated heterocycles. The van der Waals surface area contributed by atoms with Crippen LogP contribution in [0.3, 0.4) is 0 Å². The molecule has 0 aliphatic heterocycles. The van der Waals surface area contributed by atoms with Crippen molar-refractivity contribution in [2.45, 2.75) is 46.3 Å². The van der Waals surface area contributed by atoms with Crippen LogP contribution in [-0.2, 0) is 15.6 Å². The number of hydrogen-bond donors (Lipinski definition) is 1. The Morgan fingerprint density at radius 3 is 1.93 bits per heavy atom. The summed E-state index contributed by atoms with van der Waals surface area (Å²) in [6.07, 6.45) is -0.830. The van der Waals surface area contributed by atoms with Crippen LogP contribution >= 0.6 is 0 Å². The van der Waals surface area contributed by atoms with Gasteiger partial charge in [0, 0.05) is 6.04 Å². The van der Waals surface area contributed by atoms with Gasteiger partial charge in [0.2, 0.25) is 10.9 Å². The number of rotatable bonds is 2. The molecule has 0 aliphatic carbocycles. The zero-order chi connectivity index (χ0) is 11.5. The Kier molecular flexibility index (Phi) is 4.38. The van der Waals surface area contributed by atoms with Crippen molar-refractivity contribution in [1.82, 2.24) is 4.31 Å². The van der Waals surface area contributed by atoms with Gasteiger partial charge in [0.15, 0.2) is 0 Å². The topological polar surface area (TPSA) is 63.7 Å². The summed E-state index contributed by atoms with van der Waals surface area (Å²) in [7, 11) is -2.94. The predicted molar refractivity (Wildman–Crippen MR) is 53.5 cm³/mol. The maximum absolute atomic E-state index is 11.4. The minimum atomic E-state index is -2.94.